The first-order valence-electron chi connectivity index (χ1n) is 3.51. The molecule has 1 N–H and O–H groups in total. The summed E-state index contributed by atoms with van der Waals surface area (Å²) >= 11 is 0. The maximum atomic E-state index is 3.95. The summed E-state index contributed by atoms with van der Waals surface area (Å²) in [7, 11) is 0. The predicted molar refractivity (Wildman–Crippen MR) is 53.3 cm³/mol. The zero-order valence-electron chi connectivity index (χ0n) is 6.49. The van der Waals surface area contributed by atoms with Gasteiger partial charge in [0.2, 0.25) is 0 Å². The molecule has 1 aliphatic heterocycles. The first-order chi connectivity index (χ1) is 5.47. The summed E-state index contributed by atoms with van der Waals surface area (Å²) in [6.07, 6.45) is 5.68. The van der Waals surface area contributed by atoms with Crippen LogP contribution in [0.1, 0.15) is 5.56 Å². The molecule has 1 aliphatic rings. The van der Waals surface area contributed by atoms with E-state index in [2.05, 4.69) is 10.5 Å². The number of fused-ring (bicyclic) bond motifs is 1. The topological polar surface area (TPSA) is 24.4 Å². The molecule has 0 spiro atoms. The molecule has 0 atom stereocenters. The maximum Gasteiger partial charge on any atom is 0.0634 e. The Morgan fingerprint density at radius 1 is 1.17 bits per heavy atom. The molecule has 0 aromatic heterocycles. The van der Waals surface area contributed by atoms with E-state index in [0.29, 0.717) is 0 Å². The minimum absolute atomic E-state index is 0. The number of rotatable bonds is 0. The van der Waals surface area contributed by atoms with Gasteiger partial charge in [0.1, 0.15) is 0 Å². The summed E-state index contributed by atoms with van der Waals surface area (Å²) in [5, 5.41) is 3.95. The van der Waals surface area contributed by atoms with Crippen LogP contribution in [0.5, 0.6) is 0 Å². The second-order valence-corrected chi connectivity index (χ2v) is 2.34. The Morgan fingerprint density at radius 3 is 2.92 bits per heavy atom. The number of allylic oxidation sites excluding steroid dienone is 1. The minimum Gasteiger partial charge on any atom is -0.278 e. The maximum absolute atomic E-state index is 3.95. The number of nitrogens with zero attached hydrogens (tertiary/aromatic N) is 1. The van der Waals surface area contributed by atoms with Crippen molar-refractivity contribution in [3.05, 3.63) is 35.9 Å². The van der Waals surface area contributed by atoms with E-state index in [-0.39, 0.29) is 23.9 Å². The Kier molecular flexibility index (Phi) is 3.34. The van der Waals surface area contributed by atoms with Crippen molar-refractivity contribution < 1.29 is 0 Å². The summed E-state index contributed by atoms with van der Waals surface area (Å²) in [5.74, 6) is 0. The number of para-hydroxylation sites is 1. The van der Waals surface area contributed by atoms with Gasteiger partial charge in [0.25, 0.3) is 0 Å². The number of hydrazone groups is 1. The second kappa shape index (κ2) is 4.30. The van der Waals surface area contributed by atoms with Gasteiger partial charge in [-0.3, -0.25) is 5.43 Å². The SMILES string of the molecule is C1=Cc2ccccc2NN=C1.[Sn]. The fraction of sp³-hybridized carbons (Fsp3) is 0. The molecule has 1 heterocycles. The van der Waals surface area contributed by atoms with E-state index in [1.54, 1.807) is 6.21 Å². The van der Waals surface area contributed by atoms with Gasteiger partial charge >= 0.3 is 0 Å². The van der Waals surface area contributed by atoms with Crippen LogP contribution in [-0.2, 0) is 0 Å². The molecule has 0 aliphatic carbocycles. The Morgan fingerprint density at radius 2 is 2.00 bits per heavy atom. The fourth-order valence-electron chi connectivity index (χ4n) is 1.04. The van der Waals surface area contributed by atoms with Crippen molar-refractivity contribution in [2.24, 2.45) is 5.10 Å². The molecule has 0 amide bonds. The van der Waals surface area contributed by atoms with E-state index in [4.69, 9.17) is 0 Å². The molecule has 58 valence electrons. The Labute approximate surface area is 88.3 Å². The van der Waals surface area contributed by atoms with Crippen molar-refractivity contribution in [3.8, 4) is 0 Å². The Hall–Kier alpha value is -0.771. The molecule has 0 saturated heterocycles. The Balaban J connectivity index is 0.000000720. The molecule has 0 saturated carbocycles. The molecule has 3 heteroatoms. The fourth-order valence-corrected chi connectivity index (χ4v) is 1.04. The van der Waals surface area contributed by atoms with Gasteiger partial charge in [-0.05, 0) is 17.7 Å². The molecule has 4 radical (unpaired) electrons. The van der Waals surface area contributed by atoms with Gasteiger partial charge in [-0.1, -0.05) is 24.3 Å². The summed E-state index contributed by atoms with van der Waals surface area (Å²) in [4.78, 5) is 0. The van der Waals surface area contributed by atoms with Crippen LogP contribution in [0.4, 0.5) is 5.69 Å². The monoisotopic (exact) mass is 264 g/mol. The number of benzene rings is 1. The van der Waals surface area contributed by atoms with Crippen LogP contribution in [0.3, 0.4) is 0 Å². The van der Waals surface area contributed by atoms with E-state index in [1.165, 1.54) is 5.56 Å². The van der Waals surface area contributed by atoms with Gasteiger partial charge in [0, 0.05) is 30.1 Å². The third-order valence-electron chi connectivity index (χ3n) is 1.58. The predicted octanol–water partition coefficient (Wildman–Crippen LogP) is 1.73. The molecular weight excluding hydrogens is 255 g/mol. The summed E-state index contributed by atoms with van der Waals surface area (Å²) in [6, 6.07) is 8.05. The average Bonchev–Trinajstić information content (AvgIpc) is 2.28. The van der Waals surface area contributed by atoms with E-state index >= 15 is 0 Å². The largest absolute Gasteiger partial charge is 0.278 e. The van der Waals surface area contributed by atoms with E-state index < -0.39 is 0 Å². The van der Waals surface area contributed by atoms with E-state index in [9.17, 15) is 0 Å². The zero-order chi connectivity index (χ0) is 7.52. The zero-order valence-corrected chi connectivity index (χ0v) is 9.34. The third-order valence-corrected chi connectivity index (χ3v) is 1.58. The molecule has 2 nitrogen and oxygen atoms in total. The molecule has 2 rings (SSSR count). The van der Waals surface area contributed by atoms with Gasteiger partial charge in [0.15, 0.2) is 0 Å². The van der Waals surface area contributed by atoms with Gasteiger partial charge in [0.05, 0.1) is 5.69 Å². The van der Waals surface area contributed by atoms with Crippen LogP contribution in [0.15, 0.2) is 35.4 Å². The van der Waals surface area contributed by atoms with Crippen LogP contribution < -0.4 is 5.43 Å². The van der Waals surface area contributed by atoms with Crippen LogP contribution in [-0.4, -0.2) is 30.1 Å². The van der Waals surface area contributed by atoms with Crippen molar-refractivity contribution in [2.45, 2.75) is 0 Å². The standard InChI is InChI=1S/C9H8N2.Sn/c1-2-6-9-8(4-1)5-3-7-10-11-9;/h1-7,11H;. The van der Waals surface area contributed by atoms with Crippen molar-refractivity contribution in [1.29, 1.82) is 0 Å². The van der Waals surface area contributed by atoms with Gasteiger partial charge in [-0.25, -0.2) is 0 Å². The molecule has 1 aromatic rings. The van der Waals surface area contributed by atoms with E-state index in [1.807, 2.05) is 36.4 Å². The Bertz CT molecular complexity index is 318. The molecular formula is C9H8N2Sn. The summed E-state index contributed by atoms with van der Waals surface area (Å²) in [5.41, 5.74) is 5.16. The summed E-state index contributed by atoms with van der Waals surface area (Å²) < 4.78 is 0. The van der Waals surface area contributed by atoms with E-state index in [0.717, 1.165) is 5.69 Å². The van der Waals surface area contributed by atoms with Crippen LogP contribution >= 0.6 is 0 Å². The molecule has 12 heavy (non-hydrogen) atoms. The molecule has 0 fully saturated rings. The van der Waals surface area contributed by atoms with Crippen molar-refractivity contribution in [2.75, 3.05) is 5.43 Å². The van der Waals surface area contributed by atoms with Crippen molar-refractivity contribution >= 4 is 41.9 Å². The smallest absolute Gasteiger partial charge is 0.0634 e. The third kappa shape index (κ3) is 1.88. The number of nitrogens with one attached hydrogen (secondary N) is 1. The van der Waals surface area contributed by atoms with Crippen LogP contribution in [0.25, 0.3) is 6.08 Å². The van der Waals surface area contributed by atoms with Crippen LogP contribution in [0, 0.1) is 0 Å². The second-order valence-electron chi connectivity index (χ2n) is 2.34. The molecule has 1 aromatic carbocycles. The average molecular weight is 263 g/mol. The van der Waals surface area contributed by atoms with Crippen molar-refractivity contribution in [3.63, 3.8) is 0 Å². The first kappa shape index (κ1) is 9.32. The van der Waals surface area contributed by atoms with Gasteiger partial charge < -0.3 is 0 Å². The summed E-state index contributed by atoms with van der Waals surface area (Å²) in [6.45, 7) is 0. The van der Waals surface area contributed by atoms with Gasteiger partial charge in [-0.2, -0.15) is 5.10 Å². The van der Waals surface area contributed by atoms with Crippen molar-refractivity contribution in [1.82, 2.24) is 0 Å². The number of anilines is 1. The van der Waals surface area contributed by atoms with Gasteiger partial charge in [-0.15, -0.1) is 0 Å². The molecule has 0 unspecified atom stereocenters. The number of hydrogen-bond acceptors (Lipinski definition) is 2. The molecule has 0 bridgehead atoms. The first-order valence-corrected chi connectivity index (χ1v) is 3.51. The van der Waals surface area contributed by atoms with Crippen LogP contribution in [0.2, 0.25) is 0 Å². The number of hydrogen-bond donors (Lipinski definition) is 1. The minimum atomic E-state index is 0. The quantitative estimate of drug-likeness (QED) is 0.708. The normalized spacial score (nSPS) is 12.3.